The fourth-order valence-electron chi connectivity index (χ4n) is 2.66. The number of benzene rings is 2. The molecule has 1 N–H and O–H groups in total. The molecule has 0 aliphatic carbocycles. The van der Waals surface area contributed by atoms with Gasteiger partial charge in [0.1, 0.15) is 22.1 Å². The van der Waals surface area contributed by atoms with Crippen LogP contribution in [-0.4, -0.2) is 31.1 Å². The minimum atomic E-state index is -1.31. The maximum Gasteiger partial charge on any atom is 0.350 e. The number of carbonyl (C=O) groups is 3. The number of hydrogen-bond acceptors (Lipinski definition) is 6. The molecule has 1 amide bonds. The second-order valence-corrected chi connectivity index (χ2v) is 7.21. The van der Waals surface area contributed by atoms with E-state index in [1.807, 2.05) is 30.3 Å². The molecule has 0 aliphatic heterocycles. The Morgan fingerprint density at radius 2 is 1.61 bits per heavy atom. The van der Waals surface area contributed by atoms with Crippen molar-refractivity contribution < 1.29 is 32.6 Å². The molecule has 0 unspecified atom stereocenters. The first kappa shape index (κ1) is 22.1. The number of hydrogen-bond donors (Lipinski definition) is 1. The molecule has 6 nitrogen and oxygen atoms in total. The Morgan fingerprint density at radius 1 is 0.935 bits per heavy atom. The van der Waals surface area contributed by atoms with Gasteiger partial charge in [-0.05, 0) is 30.7 Å². The summed E-state index contributed by atoms with van der Waals surface area (Å²) in [6.07, 6.45) is 0. The van der Waals surface area contributed by atoms with Crippen molar-refractivity contribution in [3.8, 4) is 10.4 Å². The molecule has 0 fully saturated rings. The zero-order valence-corrected chi connectivity index (χ0v) is 17.1. The fourth-order valence-corrected chi connectivity index (χ4v) is 3.67. The summed E-state index contributed by atoms with van der Waals surface area (Å²) in [5.41, 5.74) is 0.129. The molecule has 160 valence electrons. The Bertz CT molecular complexity index is 1090. The van der Waals surface area contributed by atoms with Crippen LogP contribution in [0.5, 0.6) is 0 Å². The lowest BCUT2D eigenvalue weighted by Gasteiger charge is -2.08. The van der Waals surface area contributed by atoms with Crippen LogP contribution in [0.2, 0.25) is 0 Å². The van der Waals surface area contributed by atoms with Crippen molar-refractivity contribution in [2.24, 2.45) is 0 Å². The predicted molar refractivity (Wildman–Crippen MR) is 111 cm³/mol. The summed E-state index contributed by atoms with van der Waals surface area (Å²) >= 11 is 1.13. The van der Waals surface area contributed by atoms with Crippen LogP contribution in [0.3, 0.4) is 0 Å². The van der Waals surface area contributed by atoms with Gasteiger partial charge in [-0.2, -0.15) is 0 Å². The number of carbonyl (C=O) groups excluding carboxylic acids is 3. The highest BCUT2D eigenvalue weighted by Gasteiger charge is 2.22. The number of rotatable bonds is 7. The normalized spacial score (nSPS) is 10.4. The standard InChI is InChI=1S/C22H17F2NO5S/c1-2-29-22(28)20-16(11-17(31-20)13-7-4-3-5-8-13)25-18(26)12-30-21(27)19-14(23)9-6-10-15(19)24/h3-11H,2,12H2,1H3,(H,25,26). The quantitative estimate of drug-likeness (QED) is 0.535. The summed E-state index contributed by atoms with van der Waals surface area (Å²) in [5, 5.41) is 2.48. The van der Waals surface area contributed by atoms with Gasteiger partial charge >= 0.3 is 11.9 Å². The van der Waals surface area contributed by atoms with E-state index in [9.17, 15) is 23.2 Å². The van der Waals surface area contributed by atoms with E-state index >= 15 is 0 Å². The molecule has 0 saturated carbocycles. The molecular formula is C22H17F2NO5S. The Labute approximate surface area is 180 Å². The Morgan fingerprint density at radius 3 is 2.26 bits per heavy atom. The van der Waals surface area contributed by atoms with Crippen LogP contribution in [0.15, 0.2) is 54.6 Å². The van der Waals surface area contributed by atoms with E-state index in [2.05, 4.69) is 5.32 Å². The number of ether oxygens (including phenoxy) is 2. The molecule has 1 heterocycles. The molecule has 0 spiro atoms. The highest BCUT2D eigenvalue weighted by molar-refractivity contribution is 7.18. The Hall–Kier alpha value is -3.59. The molecule has 3 rings (SSSR count). The number of esters is 2. The van der Waals surface area contributed by atoms with E-state index in [0.29, 0.717) is 4.88 Å². The first-order chi connectivity index (χ1) is 14.9. The largest absolute Gasteiger partial charge is 0.462 e. The van der Waals surface area contributed by atoms with Gasteiger partial charge in [-0.15, -0.1) is 11.3 Å². The summed E-state index contributed by atoms with van der Waals surface area (Å²) in [5.74, 6) is -4.91. The summed E-state index contributed by atoms with van der Waals surface area (Å²) < 4.78 is 37.1. The third kappa shape index (κ3) is 5.32. The van der Waals surface area contributed by atoms with Gasteiger partial charge in [0, 0.05) is 4.88 Å². The first-order valence-electron chi connectivity index (χ1n) is 9.18. The molecule has 0 radical (unpaired) electrons. The monoisotopic (exact) mass is 445 g/mol. The van der Waals surface area contributed by atoms with Crippen LogP contribution in [0.25, 0.3) is 10.4 Å². The minimum absolute atomic E-state index is 0.149. The van der Waals surface area contributed by atoms with Gasteiger partial charge in [-0.3, -0.25) is 4.79 Å². The van der Waals surface area contributed by atoms with Crippen LogP contribution in [0, 0.1) is 11.6 Å². The molecule has 0 atom stereocenters. The van der Waals surface area contributed by atoms with E-state index in [0.717, 1.165) is 35.1 Å². The smallest absolute Gasteiger partial charge is 0.350 e. The van der Waals surface area contributed by atoms with Crippen LogP contribution >= 0.6 is 11.3 Å². The lowest BCUT2D eigenvalue weighted by Crippen LogP contribution is -2.22. The van der Waals surface area contributed by atoms with Crippen LogP contribution < -0.4 is 5.32 Å². The maximum absolute atomic E-state index is 13.7. The van der Waals surface area contributed by atoms with E-state index in [1.165, 1.54) is 0 Å². The van der Waals surface area contributed by atoms with Gasteiger partial charge in [0.05, 0.1) is 12.3 Å². The summed E-state index contributed by atoms with van der Waals surface area (Å²) in [7, 11) is 0. The van der Waals surface area contributed by atoms with Crippen molar-refractivity contribution in [1.29, 1.82) is 0 Å². The Balaban J connectivity index is 1.74. The topological polar surface area (TPSA) is 81.7 Å². The van der Waals surface area contributed by atoms with Gasteiger partial charge in [-0.25, -0.2) is 18.4 Å². The summed E-state index contributed by atoms with van der Waals surface area (Å²) in [6, 6.07) is 13.7. The SMILES string of the molecule is CCOC(=O)c1sc(-c2ccccc2)cc1NC(=O)COC(=O)c1c(F)cccc1F. The van der Waals surface area contributed by atoms with E-state index < -0.39 is 41.7 Å². The lowest BCUT2D eigenvalue weighted by molar-refractivity contribution is -0.119. The second-order valence-electron chi connectivity index (χ2n) is 6.16. The van der Waals surface area contributed by atoms with Crippen molar-refractivity contribution in [2.75, 3.05) is 18.5 Å². The van der Waals surface area contributed by atoms with Gasteiger partial charge in [0.25, 0.3) is 5.91 Å². The summed E-state index contributed by atoms with van der Waals surface area (Å²) in [6.45, 7) is 1.01. The molecule has 0 aliphatic rings. The number of amides is 1. The predicted octanol–water partition coefficient (Wildman–Crippen LogP) is 4.67. The molecule has 0 bridgehead atoms. The fraction of sp³-hybridized carbons (Fsp3) is 0.136. The average molecular weight is 445 g/mol. The number of halogens is 2. The number of nitrogens with one attached hydrogen (secondary N) is 1. The molecule has 0 saturated heterocycles. The number of thiophene rings is 1. The van der Waals surface area contributed by atoms with E-state index in [-0.39, 0.29) is 17.2 Å². The zero-order valence-electron chi connectivity index (χ0n) is 16.3. The molecule has 31 heavy (non-hydrogen) atoms. The second kappa shape index (κ2) is 9.94. The molecule has 1 aromatic heterocycles. The van der Waals surface area contributed by atoms with Crippen molar-refractivity contribution in [3.05, 3.63) is 76.7 Å². The van der Waals surface area contributed by atoms with Crippen molar-refractivity contribution in [3.63, 3.8) is 0 Å². The van der Waals surface area contributed by atoms with Crippen molar-refractivity contribution in [2.45, 2.75) is 6.92 Å². The van der Waals surface area contributed by atoms with Crippen LogP contribution in [0.1, 0.15) is 27.0 Å². The van der Waals surface area contributed by atoms with E-state index in [4.69, 9.17) is 9.47 Å². The third-order valence-electron chi connectivity index (χ3n) is 4.03. The van der Waals surface area contributed by atoms with Gasteiger partial charge in [-0.1, -0.05) is 36.4 Å². The van der Waals surface area contributed by atoms with Gasteiger partial charge < -0.3 is 14.8 Å². The highest BCUT2D eigenvalue weighted by Crippen LogP contribution is 2.35. The summed E-state index contributed by atoms with van der Waals surface area (Å²) in [4.78, 5) is 37.4. The molecular weight excluding hydrogens is 428 g/mol. The van der Waals surface area contributed by atoms with Crippen molar-refractivity contribution in [1.82, 2.24) is 0 Å². The van der Waals surface area contributed by atoms with Crippen molar-refractivity contribution >= 4 is 34.9 Å². The molecule has 9 heteroatoms. The van der Waals surface area contributed by atoms with Crippen LogP contribution in [0.4, 0.5) is 14.5 Å². The van der Waals surface area contributed by atoms with Crippen LogP contribution in [-0.2, 0) is 14.3 Å². The minimum Gasteiger partial charge on any atom is -0.462 e. The van der Waals surface area contributed by atoms with Gasteiger partial charge in [0.15, 0.2) is 6.61 Å². The molecule has 3 aromatic rings. The Kier molecular flexibility index (Phi) is 7.09. The zero-order chi connectivity index (χ0) is 22.4. The average Bonchev–Trinajstić information content (AvgIpc) is 3.17. The van der Waals surface area contributed by atoms with Gasteiger partial charge in [0.2, 0.25) is 0 Å². The third-order valence-corrected chi connectivity index (χ3v) is 5.19. The number of anilines is 1. The maximum atomic E-state index is 13.7. The van der Waals surface area contributed by atoms with E-state index in [1.54, 1.807) is 13.0 Å². The molecule has 2 aromatic carbocycles. The highest BCUT2D eigenvalue weighted by atomic mass is 32.1. The lowest BCUT2D eigenvalue weighted by atomic mass is 10.2. The first-order valence-corrected chi connectivity index (χ1v) is 9.99.